The number of anilines is 1. The topological polar surface area (TPSA) is 54.7 Å². The number of rotatable bonds is 3. The second-order valence-electron chi connectivity index (χ2n) is 7.38. The molecule has 146 valence electrons. The number of benzene rings is 3. The number of morpholine rings is 1. The molecule has 1 aromatic heterocycles. The Bertz CT molecular complexity index is 1240. The van der Waals surface area contributed by atoms with Gasteiger partial charge in [0.1, 0.15) is 5.75 Å². The van der Waals surface area contributed by atoms with E-state index in [1.807, 2.05) is 48.5 Å². The lowest BCUT2D eigenvalue weighted by atomic mass is 10.1. The van der Waals surface area contributed by atoms with Gasteiger partial charge >= 0.3 is 0 Å². The van der Waals surface area contributed by atoms with Crippen molar-refractivity contribution in [2.75, 3.05) is 31.2 Å². The Balaban J connectivity index is 1.80. The molecule has 1 fully saturated rings. The fraction of sp³-hybridized carbons (Fsp3) is 0.208. The number of nitrogens with zero attached hydrogens (tertiary/aromatic N) is 2. The van der Waals surface area contributed by atoms with Crippen molar-refractivity contribution in [3.8, 4) is 5.75 Å². The molecule has 3 aromatic carbocycles. The molecule has 2 heterocycles. The summed E-state index contributed by atoms with van der Waals surface area (Å²) in [5, 5.41) is 11.8. The van der Waals surface area contributed by atoms with Crippen LogP contribution in [-0.2, 0) is 11.3 Å². The molecule has 0 aliphatic carbocycles. The van der Waals surface area contributed by atoms with Crippen LogP contribution in [0.1, 0.15) is 5.56 Å². The minimum absolute atomic E-state index is 0.0292. The summed E-state index contributed by atoms with van der Waals surface area (Å²) in [6.45, 7) is 3.47. The monoisotopic (exact) mass is 386 g/mol. The summed E-state index contributed by atoms with van der Waals surface area (Å²) in [4.78, 5) is 15.4. The van der Waals surface area contributed by atoms with Gasteiger partial charge in [-0.1, -0.05) is 42.5 Å². The molecule has 0 bridgehead atoms. The van der Waals surface area contributed by atoms with Crippen molar-refractivity contribution < 1.29 is 9.84 Å². The van der Waals surface area contributed by atoms with E-state index in [4.69, 9.17) is 4.74 Å². The molecule has 0 radical (unpaired) electrons. The average Bonchev–Trinajstić information content (AvgIpc) is 2.77. The van der Waals surface area contributed by atoms with E-state index in [9.17, 15) is 9.90 Å². The first kappa shape index (κ1) is 17.8. The molecule has 1 aliphatic rings. The number of pyridine rings is 1. The highest BCUT2D eigenvalue weighted by Gasteiger charge is 2.18. The van der Waals surface area contributed by atoms with Crippen LogP contribution in [0.3, 0.4) is 0 Å². The summed E-state index contributed by atoms with van der Waals surface area (Å²) in [5.41, 5.74) is 3.53. The molecule has 5 rings (SSSR count). The van der Waals surface area contributed by atoms with Crippen molar-refractivity contribution in [2.45, 2.75) is 6.54 Å². The Morgan fingerprint density at radius 1 is 0.897 bits per heavy atom. The van der Waals surface area contributed by atoms with Gasteiger partial charge in [-0.05, 0) is 23.8 Å². The third kappa shape index (κ3) is 3.13. The number of hydrogen-bond acceptors (Lipinski definition) is 4. The Morgan fingerprint density at radius 2 is 1.62 bits per heavy atom. The number of aromatic nitrogens is 1. The summed E-state index contributed by atoms with van der Waals surface area (Å²) in [7, 11) is 0. The highest BCUT2D eigenvalue weighted by atomic mass is 16.5. The second-order valence-corrected chi connectivity index (χ2v) is 7.38. The molecule has 5 nitrogen and oxygen atoms in total. The van der Waals surface area contributed by atoms with Crippen molar-refractivity contribution in [1.82, 2.24) is 4.57 Å². The van der Waals surface area contributed by atoms with Crippen LogP contribution in [0.15, 0.2) is 71.5 Å². The van der Waals surface area contributed by atoms with Gasteiger partial charge in [0.05, 0.1) is 29.6 Å². The van der Waals surface area contributed by atoms with E-state index >= 15 is 0 Å². The van der Waals surface area contributed by atoms with Crippen molar-refractivity contribution in [2.24, 2.45) is 0 Å². The molecule has 1 saturated heterocycles. The zero-order chi connectivity index (χ0) is 19.8. The maximum Gasteiger partial charge on any atom is 0.200 e. The minimum Gasteiger partial charge on any atom is -0.507 e. The van der Waals surface area contributed by atoms with E-state index in [-0.39, 0.29) is 11.2 Å². The number of para-hydroxylation sites is 1. The molecule has 0 unspecified atom stereocenters. The second kappa shape index (κ2) is 7.26. The van der Waals surface area contributed by atoms with Gasteiger partial charge in [0.15, 0.2) is 0 Å². The Labute approximate surface area is 168 Å². The molecule has 1 aliphatic heterocycles. The fourth-order valence-corrected chi connectivity index (χ4v) is 4.15. The van der Waals surface area contributed by atoms with E-state index in [2.05, 4.69) is 21.6 Å². The molecular weight excluding hydrogens is 364 g/mol. The number of ether oxygens (including phenoxy) is 1. The van der Waals surface area contributed by atoms with Crippen molar-refractivity contribution in [3.63, 3.8) is 0 Å². The van der Waals surface area contributed by atoms with Gasteiger partial charge in [-0.3, -0.25) is 4.79 Å². The van der Waals surface area contributed by atoms with Gasteiger partial charge in [-0.15, -0.1) is 0 Å². The lowest BCUT2D eigenvalue weighted by Crippen LogP contribution is -2.36. The quantitative estimate of drug-likeness (QED) is 0.545. The summed E-state index contributed by atoms with van der Waals surface area (Å²) >= 11 is 0. The van der Waals surface area contributed by atoms with Gasteiger partial charge in [0.2, 0.25) is 5.43 Å². The molecule has 0 spiro atoms. The standard InChI is InChI=1S/C24H22N2O3/c27-22-15-18(25-10-12-29-13-11-25)14-21-23(22)24(28)19-8-4-5-9-20(19)26(21)16-17-6-2-1-3-7-17/h1-9,14-15,27H,10-13,16H2. The SMILES string of the molecule is O=c1c2ccccc2n(Cc2ccccc2)c2cc(N3CCOCC3)cc(O)c12. The molecule has 4 aromatic rings. The van der Waals surface area contributed by atoms with Crippen molar-refractivity contribution in [3.05, 3.63) is 82.5 Å². The number of fused-ring (bicyclic) bond motifs is 2. The maximum absolute atomic E-state index is 13.2. The summed E-state index contributed by atoms with van der Waals surface area (Å²) in [6, 6.07) is 21.5. The molecule has 29 heavy (non-hydrogen) atoms. The van der Waals surface area contributed by atoms with Crippen LogP contribution < -0.4 is 10.3 Å². The van der Waals surface area contributed by atoms with Crippen LogP contribution in [0.5, 0.6) is 5.75 Å². The number of hydrogen-bond donors (Lipinski definition) is 1. The van der Waals surface area contributed by atoms with E-state index in [1.165, 1.54) is 0 Å². The zero-order valence-corrected chi connectivity index (χ0v) is 16.0. The van der Waals surface area contributed by atoms with Gasteiger partial charge in [0.25, 0.3) is 0 Å². The van der Waals surface area contributed by atoms with Crippen LogP contribution >= 0.6 is 0 Å². The first-order valence-electron chi connectivity index (χ1n) is 9.87. The van der Waals surface area contributed by atoms with E-state index in [0.717, 1.165) is 35.4 Å². The number of aromatic hydroxyl groups is 1. The number of phenolic OH excluding ortho intramolecular Hbond substituents is 1. The molecule has 5 heteroatoms. The highest BCUT2D eigenvalue weighted by molar-refractivity contribution is 5.98. The van der Waals surface area contributed by atoms with Crippen LogP contribution in [0.4, 0.5) is 5.69 Å². The molecule has 0 amide bonds. The van der Waals surface area contributed by atoms with Gasteiger partial charge in [0, 0.05) is 36.8 Å². The fourth-order valence-electron chi connectivity index (χ4n) is 4.15. The Hall–Kier alpha value is -3.31. The third-order valence-electron chi connectivity index (χ3n) is 5.60. The molecular formula is C24H22N2O3. The summed E-state index contributed by atoms with van der Waals surface area (Å²) in [5.74, 6) is 0.0292. The van der Waals surface area contributed by atoms with Gasteiger partial charge in [-0.2, -0.15) is 0 Å². The van der Waals surface area contributed by atoms with Crippen LogP contribution in [0.2, 0.25) is 0 Å². The third-order valence-corrected chi connectivity index (χ3v) is 5.60. The summed E-state index contributed by atoms with van der Waals surface area (Å²) in [6.07, 6.45) is 0. The predicted octanol–water partition coefficient (Wildman–Crippen LogP) is 3.75. The van der Waals surface area contributed by atoms with Crippen LogP contribution in [-0.4, -0.2) is 36.0 Å². The Kier molecular flexibility index (Phi) is 4.45. The smallest absolute Gasteiger partial charge is 0.200 e. The van der Waals surface area contributed by atoms with Gasteiger partial charge in [-0.25, -0.2) is 0 Å². The minimum atomic E-state index is -0.133. The van der Waals surface area contributed by atoms with E-state index in [0.29, 0.717) is 30.5 Å². The largest absolute Gasteiger partial charge is 0.507 e. The highest BCUT2D eigenvalue weighted by Crippen LogP contribution is 2.32. The normalized spacial score (nSPS) is 14.6. The van der Waals surface area contributed by atoms with E-state index < -0.39 is 0 Å². The predicted molar refractivity (Wildman–Crippen MR) is 116 cm³/mol. The average molecular weight is 386 g/mol. The van der Waals surface area contributed by atoms with Crippen LogP contribution in [0, 0.1) is 0 Å². The van der Waals surface area contributed by atoms with Crippen LogP contribution in [0.25, 0.3) is 21.8 Å². The Morgan fingerprint density at radius 3 is 2.41 bits per heavy atom. The zero-order valence-electron chi connectivity index (χ0n) is 16.0. The summed E-state index contributed by atoms with van der Waals surface area (Å²) < 4.78 is 7.59. The maximum atomic E-state index is 13.2. The van der Waals surface area contributed by atoms with Crippen molar-refractivity contribution >= 4 is 27.5 Å². The molecule has 0 saturated carbocycles. The molecule has 0 atom stereocenters. The molecule has 1 N–H and O–H groups in total. The first-order valence-corrected chi connectivity index (χ1v) is 9.87. The van der Waals surface area contributed by atoms with Gasteiger partial charge < -0.3 is 19.3 Å². The van der Waals surface area contributed by atoms with Crippen molar-refractivity contribution in [1.29, 1.82) is 0 Å². The van der Waals surface area contributed by atoms with E-state index in [1.54, 1.807) is 6.07 Å². The first-order chi connectivity index (χ1) is 14.2. The lowest BCUT2D eigenvalue weighted by Gasteiger charge is -2.29. The number of phenols is 1. The lowest BCUT2D eigenvalue weighted by molar-refractivity contribution is 0.122.